The largest absolute Gasteiger partial charge is 0.326 e. The number of sulfonamides is 1. The molecule has 1 aromatic carbocycles. The van der Waals surface area contributed by atoms with E-state index in [2.05, 4.69) is 4.72 Å². The lowest BCUT2D eigenvalue weighted by Gasteiger charge is -2.07. The summed E-state index contributed by atoms with van der Waals surface area (Å²) in [6.45, 7) is -0.0250. The molecule has 0 saturated carbocycles. The molecule has 84 valence electrons. The Balaban J connectivity index is 3.42. The molecule has 0 saturated heterocycles. The Bertz CT molecular complexity index is 476. The van der Waals surface area contributed by atoms with E-state index < -0.39 is 15.8 Å². The van der Waals surface area contributed by atoms with Crippen molar-refractivity contribution in [1.29, 1.82) is 0 Å². The molecule has 0 atom stereocenters. The van der Waals surface area contributed by atoms with Crippen molar-refractivity contribution in [2.24, 2.45) is 5.73 Å². The maximum absolute atomic E-state index is 13.2. The van der Waals surface area contributed by atoms with Gasteiger partial charge < -0.3 is 5.73 Å². The van der Waals surface area contributed by atoms with Gasteiger partial charge in [-0.3, -0.25) is 0 Å². The highest BCUT2D eigenvalue weighted by Crippen LogP contribution is 2.23. The molecule has 0 bridgehead atoms. The molecule has 3 N–H and O–H groups in total. The summed E-state index contributed by atoms with van der Waals surface area (Å²) in [6, 6.07) is 2.10. The molecule has 0 radical (unpaired) electrons. The number of rotatable bonds is 3. The fraction of sp³-hybridized carbons (Fsp3) is 0.250. The standard InChI is InChI=1S/C8H10ClFN2O2S/c1-12-15(13,14)6-2-5(4-11)8(9)7(10)3-6/h2-3,12H,4,11H2,1H3. The predicted molar refractivity (Wildman–Crippen MR) is 55.5 cm³/mol. The first-order valence-electron chi connectivity index (χ1n) is 4.04. The van der Waals surface area contributed by atoms with Crippen LogP contribution in [0.5, 0.6) is 0 Å². The molecule has 0 aliphatic carbocycles. The van der Waals surface area contributed by atoms with Gasteiger partial charge in [-0.1, -0.05) is 11.6 Å². The topological polar surface area (TPSA) is 72.2 Å². The van der Waals surface area contributed by atoms with Crippen LogP contribution in [0.4, 0.5) is 4.39 Å². The summed E-state index contributed by atoms with van der Waals surface area (Å²) in [7, 11) is -2.43. The van der Waals surface area contributed by atoms with Crippen LogP contribution in [-0.4, -0.2) is 15.5 Å². The zero-order valence-electron chi connectivity index (χ0n) is 7.92. The van der Waals surface area contributed by atoms with Gasteiger partial charge in [0, 0.05) is 6.54 Å². The lowest BCUT2D eigenvalue weighted by molar-refractivity contribution is 0.583. The fourth-order valence-corrected chi connectivity index (χ4v) is 2.02. The molecule has 0 amide bonds. The molecule has 0 spiro atoms. The summed E-state index contributed by atoms with van der Waals surface area (Å²) in [6.07, 6.45) is 0. The van der Waals surface area contributed by atoms with E-state index in [-0.39, 0.29) is 22.0 Å². The van der Waals surface area contributed by atoms with Gasteiger partial charge in [-0.25, -0.2) is 17.5 Å². The van der Waals surface area contributed by atoms with Gasteiger partial charge in [0.1, 0.15) is 5.82 Å². The smallest absolute Gasteiger partial charge is 0.240 e. The summed E-state index contributed by atoms with van der Waals surface area (Å²) in [4.78, 5) is -0.188. The number of nitrogens with one attached hydrogen (secondary N) is 1. The minimum Gasteiger partial charge on any atom is -0.326 e. The predicted octanol–water partition coefficient (Wildman–Crippen LogP) is 0.846. The first-order chi connectivity index (χ1) is 6.92. The summed E-state index contributed by atoms with van der Waals surface area (Å²) >= 11 is 5.59. The Labute approximate surface area is 92.3 Å². The van der Waals surface area contributed by atoms with E-state index >= 15 is 0 Å². The normalized spacial score (nSPS) is 11.7. The molecule has 4 nitrogen and oxygen atoms in total. The van der Waals surface area contributed by atoms with Gasteiger partial charge in [0.05, 0.1) is 9.92 Å². The molecular formula is C8H10ClFN2O2S. The zero-order valence-corrected chi connectivity index (χ0v) is 9.49. The third-order valence-electron chi connectivity index (χ3n) is 1.88. The molecule has 0 aromatic heterocycles. The van der Waals surface area contributed by atoms with Crippen LogP contribution < -0.4 is 10.5 Å². The van der Waals surface area contributed by atoms with Gasteiger partial charge in [-0.2, -0.15) is 0 Å². The van der Waals surface area contributed by atoms with Gasteiger partial charge in [0.15, 0.2) is 0 Å². The van der Waals surface area contributed by atoms with Crippen molar-refractivity contribution in [2.45, 2.75) is 11.4 Å². The summed E-state index contributed by atoms with van der Waals surface area (Å²) in [5, 5.41) is -0.146. The third kappa shape index (κ3) is 2.46. The van der Waals surface area contributed by atoms with Crippen molar-refractivity contribution in [3.63, 3.8) is 0 Å². The molecule has 0 aliphatic rings. The summed E-state index contributed by atoms with van der Waals surface area (Å²) in [5.74, 6) is -0.798. The van der Waals surface area contributed by atoms with Gasteiger partial charge in [0.2, 0.25) is 10.0 Å². The number of hydrogen-bond acceptors (Lipinski definition) is 3. The van der Waals surface area contributed by atoms with Gasteiger partial charge in [0.25, 0.3) is 0 Å². The first-order valence-corrected chi connectivity index (χ1v) is 5.90. The van der Waals surface area contributed by atoms with Gasteiger partial charge in [-0.15, -0.1) is 0 Å². The minimum atomic E-state index is -3.67. The second kappa shape index (κ2) is 4.44. The van der Waals surface area contributed by atoms with Gasteiger partial charge in [-0.05, 0) is 24.7 Å². The number of benzene rings is 1. The zero-order chi connectivity index (χ0) is 11.6. The SMILES string of the molecule is CNS(=O)(=O)c1cc(F)c(Cl)c(CN)c1. The molecule has 0 fully saturated rings. The van der Waals surface area contributed by atoms with Crippen molar-refractivity contribution in [3.8, 4) is 0 Å². The van der Waals surface area contributed by atoms with E-state index in [0.29, 0.717) is 0 Å². The molecule has 1 aromatic rings. The highest BCUT2D eigenvalue weighted by molar-refractivity contribution is 7.89. The Morgan fingerprint density at radius 2 is 2.13 bits per heavy atom. The van der Waals surface area contributed by atoms with E-state index in [1.54, 1.807) is 0 Å². The third-order valence-corrected chi connectivity index (χ3v) is 3.69. The number of halogens is 2. The average Bonchev–Trinajstić information content (AvgIpc) is 2.21. The van der Waals surface area contributed by atoms with E-state index in [0.717, 1.165) is 6.07 Å². The van der Waals surface area contributed by atoms with Crippen LogP contribution in [0.3, 0.4) is 0 Å². The summed E-state index contributed by atoms with van der Waals surface area (Å²) < 4.78 is 38.0. The van der Waals surface area contributed by atoms with Crippen molar-refractivity contribution in [1.82, 2.24) is 4.72 Å². The van der Waals surface area contributed by atoms with Crippen LogP contribution in [0.1, 0.15) is 5.56 Å². The van der Waals surface area contributed by atoms with E-state index in [1.807, 2.05) is 0 Å². The van der Waals surface area contributed by atoms with Crippen molar-refractivity contribution in [2.75, 3.05) is 7.05 Å². The molecule has 0 unspecified atom stereocenters. The monoisotopic (exact) mass is 252 g/mol. The Morgan fingerprint density at radius 1 is 1.53 bits per heavy atom. The Hall–Kier alpha value is -0.690. The van der Waals surface area contributed by atoms with Crippen LogP contribution in [0.25, 0.3) is 0 Å². The van der Waals surface area contributed by atoms with Crippen LogP contribution >= 0.6 is 11.6 Å². The maximum Gasteiger partial charge on any atom is 0.240 e. The quantitative estimate of drug-likeness (QED) is 0.838. The van der Waals surface area contributed by atoms with E-state index in [4.69, 9.17) is 17.3 Å². The number of nitrogens with two attached hydrogens (primary N) is 1. The minimum absolute atomic E-state index is 0.0250. The van der Waals surface area contributed by atoms with E-state index in [9.17, 15) is 12.8 Å². The van der Waals surface area contributed by atoms with Gasteiger partial charge >= 0.3 is 0 Å². The van der Waals surface area contributed by atoms with Crippen molar-refractivity contribution in [3.05, 3.63) is 28.5 Å². The van der Waals surface area contributed by atoms with Crippen molar-refractivity contribution >= 4 is 21.6 Å². The van der Waals surface area contributed by atoms with Crippen molar-refractivity contribution < 1.29 is 12.8 Å². The number of hydrogen-bond donors (Lipinski definition) is 2. The Kier molecular flexibility index (Phi) is 3.67. The highest BCUT2D eigenvalue weighted by Gasteiger charge is 2.16. The molecule has 1 rings (SSSR count). The molecule has 7 heteroatoms. The van der Waals surface area contributed by atoms with E-state index in [1.165, 1.54) is 13.1 Å². The van der Waals surface area contributed by atoms with Crippen LogP contribution in [0.15, 0.2) is 17.0 Å². The molecular weight excluding hydrogens is 243 g/mol. The lowest BCUT2D eigenvalue weighted by atomic mass is 10.2. The Morgan fingerprint density at radius 3 is 2.60 bits per heavy atom. The highest BCUT2D eigenvalue weighted by atomic mass is 35.5. The second-order valence-electron chi connectivity index (χ2n) is 2.79. The maximum atomic E-state index is 13.2. The van der Waals surface area contributed by atoms with Crippen LogP contribution in [0.2, 0.25) is 5.02 Å². The molecule has 0 heterocycles. The average molecular weight is 253 g/mol. The molecule has 0 aliphatic heterocycles. The fourth-order valence-electron chi connectivity index (χ4n) is 1.04. The lowest BCUT2D eigenvalue weighted by Crippen LogP contribution is -2.19. The summed E-state index contributed by atoms with van der Waals surface area (Å²) in [5.41, 5.74) is 5.56. The van der Waals surface area contributed by atoms with Crippen LogP contribution in [0, 0.1) is 5.82 Å². The van der Waals surface area contributed by atoms with Crippen LogP contribution in [-0.2, 0) is 16.6 Å². The molecule has 15 heavy (non-hydrogen) atoms. The second-order valence-corrected chi connectivity index (χ2v) is 5.05. The first kappa shape index (κ1) is 12.4.